The number of benzene rings is 1. The van der Waals surface area contributed by atoms with E-state index >= 15 is 0 Å². The number of nitrogens with two attached hydrogens (primary N) is 1. The van der Waals surface area contributed by atoms with Crippen molar-refractivity contribution in [2.24, 2.45) is 5.73 Å². The molecule has 1 aliphatic heterocycles. The van der Waals surface area contributed by atoms with E-state index in [4.69, 9.17) is 5.73 Å². The lowest BCUT2D eigenvalue weighted by atomic mass is 9.92. The fourth-order valence-corrected chi connectivity index (χ4v) is 3.45. The number of carbonyl (C=O) groups excluding carboxylic acids is 1. The normalized spacial score (nSPS) is 18.0. The molecule has 2 N–H and O–H groups in total. The number of aromatic nitrogens is 2. The highest BCUT2D eigenvalue weighted by molar-refractivity contribution is 5.82. The van der Waals surface area contributed by atoms with E-state index in [1.807, 2.05) is 53.3 Å². The molecule has 116 valence electrons. The van der Waals surface area contributed by atoms with Gasteiger partial charge in [-0.2, -0.15) is 5.10 Å². The van der Waals surface area contributed by atoms with Gasteiger partial charge in [0, 0.05) is 24.8 Å². The zero-order valence-electron chi connectivity index (χ0n) is 12.7. The first kappa shape index (κ1) is 14.0. The summed E-state index contributed by atoms with van der Waals surface area (Å²) in [5.41, 5.74) is 10.1. The molecule has 1 aliphatic rings. The minimum absolute atomic E-state index is 0.298. The lowest BCUT2D eigenvalue weighted by Gasteiger charge is -2.35. The summed E-state index contributed by atoms with van der Waals surface area (Å²) in [6.07, 6.45) is 4.73. The van der Waals surface area contributed by atoms with Crippen LogP contribution in [0.2, 0.25) is 0 Å². The highest BCUT2D eigenvalue weighted by atomic mass is 16.1. The molecule has 3 aromatic rings. The Hall–Kier alpha value is -2.66. The van der Waals surface area contributed by atoms with Crippen LogP contribution < -0.4 is 5.73 Å². The van der Waals surface area contributed by atoms with Crippen LogP contribution in [-0.2, 0) is 17.8 Å². The summed E-state index contributed by atoms with van der Waals surface area (Å²) in [4.78, 5) is 14.2. The Morgan fingerprint density at radius 1 is 1.22 bits per heavy atom. The molecule has 0 fully saturated rings. The molecular weight excluding hydrogens is 288 g/mol. The molecule has 0 bridgehead atoms. The Morgan fingerprint density at radius 2 is 2.04 bits per heavy atom. The average Bonchev–Trinajstić information content (AvgIpc) is 2.97. The SMILES string of the molecule is NC(=O)C1c2ccccc2CCN1Cc1cnn2ccccc12. The Balaban J connectivity index is 1.70. The van der Waals surface area contributed by atoms with Crippen LogP contribution in [-0.4, -0.2) is 27.0 Å². The third-order valence-electron chi connectivity index (χ3n) is 4.53. The van der Waals surface area contributed by atoms with Gasteiger partial charge >= 0.3 is 0 Å². The molecule has 0 saturated carbocycles. The van der Waals surface area contributed by atoms with Gasteiger partial charge in [0.25, 0.3) is 0 Å². The summed E-state index contributed by atoms with van der Waals surface area (Å²) in [6, 6.07) is 13.7. The van der Waals surface area contributed by atoms with E-state index in [1.54, 1.807) is 0 Å². The third kappa shape index (κ3) is 2.39. The topological polar surface area (TPSA) is 63.6 Å². The summed E-state index contributed by atoms with van der Waals surface area (Å²) in [5.74, 6) is -0.298. The monoisotopic (exact) mass is 306 g/mol. The Labute approximate surface area is 134 Å². The summed E-state index contributed by atoms with van der Waals surface area (Å²) in [6.45, 7) is 1.48. The predicted octanol–water partition coefficient (Wildman–Crippen LogP) is 1.92. The van der Waals surface area contributed by atoms with Crippen molar-refractivity contribution in [3.05, 3.63) is 71.5 Å². The van der Waals surface area contributed by atoms with Crippen molar-refractivity contribution in [3.8, 4) is 0 Å². The fourth-order valence-electron chi connectivity index (χ4n) is 3.45. The second-order valence-electron chi connectivity index (χ2n) is 5.92. The minimum Gasteiger partial charge on any atom is -0.368 e. The lowest BCUT2D eigenvalue weighted by molar-refractivity contribution is -0.124. The van der Waals surface area contributed by atoms with Crippen molar-refractivity contribution >= 4 is 11.4 Å². The maximum absolute atomic E-state index is 12.1. The van der Waals surface area contributed by atoms with E-state index in [1.165, 1.54) is 5.56 Å². The number of hydrogen-bond donors (Lipinski definition) is 1. The third-order valence-corrected chi connectivity index (χ3v) is 4.53. The predicted molar refractivity (Wildman–Crippen MR) is 87.7 cm³/mol. The van der Waals surface area contributed by atoms with Crippen molar-refractivity contribution < 1.29 is 4.79 Å². The number of nitrogens with zero attached hydrogens (tertiary/aromatic N) is 3. The molecule has 0 saturated heterocycles. The Bertz CT molecular complexity index is 870. The van der Waals surface area contributed by atoms with Crippen LogP contribution >= 0.6 is 0 Å². The molecule has 0 spiro atoms. The molecule has 0 radical (unpaired) electrons. The number of fused-ring (bicyclic) bond motifs is 2. The fraction of sp³-hybridized carbons (Fsp3) is 0.222. The van der Waals surface area contributed by atoms with E-state index in [2.05, 4.69) is 16.1 Å². The van der Waals surface area contributed by atoms with Gasteiger partial charge in [-0.15, -0.1) is 0 Å². The van der Waals surface area contributed by atoms with Crippen LogP contribution in [0.25, 0.3) is 5.52 Å². The highest BCUT2D eigenvalue weighted by Gasteiger charge is 2.31. The quantitative estimate of drug-likeness (QED) is 0.804. The van der Waals surface area contributed by atoms with E-state index < -0.39 is 0 Å². The zero-order chi connectivity index (χ0) is 15.8. The Kier molecular flexibility index (Phi) is 3.35. The first-order valence-corrected chi connectivity index (χ1v) is 7.76. The van der Waals surface area contributed by atoms with Crippen molar-refractivity contribution in [2.75, 3.05) is 6.54 Å². The lowest BCUT2D eigenvalue weighted by Crippen LogP contribution is -2.42. The van der Waals surface area contributed by atoms with Crippen LogP contribution in [0.3, 0.4) is 0 Å². The van der Waals surface area contributed by atoms with Gasteiger partial charge in [-0.05, 0) is 29.7 Å². The molecule has 4 rings (SSSR count). The smallest absolute Gasteiger partial charge is 0.239 e. The molecule has 1 amide bonds. The highest BCUT2D eigenvalue weighted by Crippen LogP contribution is 2.31. The molecular formula is C18H18N4O. The summed E-state index contributed by atoms with van der Waals surface area (Å²) in [7, 11) is 0. The number of rotatable bonds is 3. The largest absolute Gasteiger partial charge is 0.368 e. The molecule has 0 aliphatic carbocycles. The van der Waals surface area contributed by atoms with Gasteiger partial charge < -0.3 is 5.73 Å². The summed E-state index contributed by atoms with van der Waals surface area (Å²) < 4.78 is 1.85. The summed E-state index contributed by atoms with van der Waals surface area (Å²) in [5, 5.41) is 4.37. The van der Waals surface area contributed by atoms with E-state index in [9.17, 15) is 4.79 Å². The van der Waals surface area contributed by atoms with E-state index in [0.29, 0.717) is 6.54 Å². The van der Waals surface area contributed by atoms with Gasteiger partial charge in [0.2, 0.25) is 5.91 Å². The van der Waals surface area contributed by atoms with Gasteiger partial charge in [0.05, 0.1) is 11.7 Å². The van der Waals surface area contributed by atoms with Gasteiger partial charge in [-0.1, -0.05) is 30.3 Å². The van der Waals surface area contributed by atoms with Crippen LogP contribution in [0.15, 0.2) is 54.9 Å². The number of amides is 1. The second kappa shape index (κ2) is 5.52. The maximum atomic E-state index is 12.1. The van der Waals surface area contributed by atoms with Crippen LogP contribution in [0, 0.1) is 0 Å². The van der Waals surface area contributed by atoms with Crippen LogP contribution in [0.4, 0.5) is 0 Å². The van der Waals surface area contributed by atoms with Crippen LogP contribution in [0.1, 0.15) is 22.7 Å². The standard InChI is InChI=1S/C18H18N4O/c19-18(23)17-15-6-2-1-5-13(15)8-10-21(17)12-14-11-20-22-9-4-3-7-16(14)22/h1-7,9,11,17H,8,10,12H2,(H2,19,23). The number of primary amides is 1. The molecule has 2 aromatic heterocycles. The van der Waals surface area contributed by atoms with Gasteiger partial charge in [-0.25, -0.2) is 4.52 Å². The first-order valence-electron chi connectivity index (χ1n) is 7.76. The number of pyridine rings is 1. The zero-order valence-corrected chi connectivity index (χ0v) is 12.7. The number of hydrogen-bond acceptors (Lipinski definition) is 3. The van der Waals surface area contributed by atoms with Crippen LogP contribution in [0.5, 0.6) is 0 Å². The summed E-state index contributed by atoms with van der Waals surface area (Å²) >= 11 is 0. The minimum atomic E-state index is -0.376. The van der Waals surface area contributed by atoms with Gasteiger partial charge in [0.15, 0.2) is 0 Å². The van der Waals surface area contributed by atoms with E-state index in [-0.39, 0.29) is 11.9 Å². The first-order chi connectivity index (χ1) is 11.2. The number of carbonyl (C=O) groups is 1. The maximum Gasteiger partial charge on any atom is 0.239 e. The molecule has 5 nitrogen and oxygen atoms in total. The molecule has 3 heterocycles. The molecule has 1 atom stereocenters. The van der Waals surface area contributed by atoms with Gasteiger partial charge in [-0.3, -0.25) is 9.69 Å². The molecule has 23 heavy (non-hydrogen) atoms. The van der Waals surface area contributed by atoms with Crippen molar-refractivity contribution in [1.29, 1.82) is 0 Å². The van der Waals surface area contributed by atoms with Crippen molar-refractivity contribution in [1.82, 2.24) is 14.5 Å². The Morgan fingerprint density at radius 3 is 2.91 bits per heavy atom. The second-order valence-corrected chi connectivity index (χ2v) is 5.92. The molecule has 5 heteroatoms. The molecule has 1 aromatic carbocycles. The van der Waals surface area contributed by atoms with Gasteiger partial charge in [0.1, 0.15) is 6.04 Å². The van der Waals surface area contributed by atoms with Crippen molar-refractivity contribution in [2.45, 2.75) is 19.0 Å². The van der Waals surface area contributed by atoms with E-state index in [0.717, 1.165) is 29.6 Å². The molecule has 1 unspecified atom stereocenters. The van der Waals surface area contributed by atoms with Crippen molar-refractivity contribution in [3.63, 3.8) is 0 Å². The average molecular weight is 306 g/mol.